The first-order valence-corrected chi connectivity index (χ1v) is 11.8. The maximum atomic E-state index is 14.1. The molecule has 36 heavy (non-hydrogen) atoms. The van der Waals surface area contributed by atoms with Crippen molar-refractivity contribution >= 4 is 5.91 Å². The van der Waals surface area contributed by atoms with Crippen molar-refractivity contribution in [3.05, 3.63) is 82.6 Å². The molecule has 2 atom stereocenters. The summed E-state index contributed by atoms with van der Waals surface area (Å²) in [5.41, 5.74) is 4.17. The minimum absolute atomic E-state index is 0.109. The number of amides is 1. The maximum absolute atomic E-state index is 14.1. The van der Waals surface area contributed by atoms with Crippen molar-refractivity contribution in [1.82, 2.24) is 29.7 Å². The average molecular weight is 493 g/mol. The van der Waals surface area contributed by atoms with Gasteiger partial charge >= 0.3 is 0 Å². The van der Waals surface area contributed by atoms with Gasteiger partial charge in [-0.05, 0) is 56.9 Å². The van der Waals surface area contributed by atoms with Crippen LogP contribution in [-0.4, -0.2) is 41.6 Å². The van der Waals surface area contributed by atoms with Gasteiger partial charge in [0.15, 0.2) is 17.5 Å². The summed E-state index contributed by atoms with van der Waals surface area (Å²) in [6.45, 7) is 1.84. The molecular formula is C26H23F3N6O. The van der Waals surface area contributed by atoms with Gasteiger partial charge in [-0.25, -0.2) is 13.2 Å². The lowest BCUT2D eigenvalue weighted by molar-refractivity contribution is 0.0391. The van der Waals surface area contributed by atoms with Crippen molar-refractivity contribution in [2.24, 2.45) is 7.05 Å². The van der Waals surface area contributed by atoms with Crippen LogP contribution in [0.2, 0.25) is 0 Å². The Hall–Kier alpha value is -3.95. The van der Waals surface area contributed by atoms with Crippen LogP contribution in [0.1, 0.15) is 52.6 Å². The van der Waals surface area contributed by atoms with Gasteiger partial charge in [0.05, 0.1) is 40.6 Å². The normalized spacial score (nSPS) is 18.9. The number of aromatic nitrogens is 5. The molecule has 2 unspecified atom stereocenters. The Kier molecular flexibility index (Phi) is 5.20. The molecule has 2 aliphatic rings. The van der Waals surface area contributed by atoms with Gasteiger partial charge < -0.3 is 4.90 Å². The molecule has 0 spiro atoms. The highest BCUT2D eigenvalue weighted by Crippen LogP contribution is 2.45. The summed E-state index contributed by atoms with van der Waals surface area (Å²) in [5, 5.41) is 13.4. The minimum Gasteiger partial charge on any atom is -0.327 e. The minimum atomic E-state index is -1.50. The molecule has 4 heterocycles. The van der Waals surface area contributed by atoms with Crippen molar-refractivity contribution in [3.63, 3.8) is 0 Å². The van der Waals surface area contributed by atoms with Crippen LogP contribution in [0.4, 0.5) is 13.2 Å². The Balaban J connectivity index is 1.43. The second-order valence-electron chi connectivity index (χ2n) is 9.40. The smallest absolute Gasteiger partial charge is 0.256 e. The zero-order valence-electron chi connectivity index (χ0n) is 19.8. The highest BCUT2D eigenvalue weighted by atomic mass is 19.2. The van der Waals surface area contributed by atoms with Gasteiger partial charge in [-0.3, -0.25) is 9.48 Å². The lowest BCUT2D eigenvalue weighted by Crippen LogP contribution is -2.50. The Morgan fingerprint density at radius 2 is 1.81 bits per heavy atom. The molecule has 7 nitrogen and oxygen atoms in total. The summed E-state index contributed by atoms with van der Waals surface area (Å²) in [6.07, 6.45) is 4.58. The summed E-state index contributed by atoms with van der Waals surface area (Å²) >= 11 is 0. The number of piperidine rings is 1. The van der Waals surface area contributed by atoms with E-state index < -0.39 is 17.5 Å². The molecule has 184 valence electrons. The van der Waals surface area contributed by atoms with E-state index in [1.54, 1.807) is 24.0 Å². The molecule has 0 aliphatic carbocycles. The van der Waals surface area contributed by atoms with Crippen LogP contribution in [0, 0.1) is 24.4 Å². The number of fused-ring (bicyclic) bond motifs is 4. The van der Waals surface area contributed by atoms with Gasteiger partial charge in [0, 0.05) is 24.2 Å². The van der Waals surface area contributed by atoms with Crippen LogP contribution >= 0.6 is 0 Å². The number of halogens is 3. The number of carbonyl (C=O) groups excluding carboxylic acids is 1. The molecule has 6 rings (SSSR count). The van der Waals surface area contributed by atoms with Crippen LogP contribution in [0.15, 0.2) is 42.6 Å². The van der Waals surface area contributed by atoms with Gasteiger partial charge in [0.1, 0.15) is 0 Å². The summed E-state index contributed by atoms with van der Waals surface area (Å²) < 4.78 is 43.3. The van der Waals surface area contributed by atoms with Crippen molar-refractivity contribution in [2.45, 2.75) is 44.7 Å². The van der Waals surface area contributed by atoms with E-state index in [1.165, 1.54) is 4.80 Å². The number of rotatable bonds is 3. The highest BCUT2D eigenvalue weighted by molar-refractivity contribution is 5.98. The van der Waals surface area contributed by atoms with E-state index in [0.717, 1.165) is 42.7 Å². The van der Waals surface area contributed by atoms with Crippen LogP contribution in [-0.2, 0) is 13.5 Å². The molecule has 2 aromatic carbocycles. The maximum Gasteiger partial charge on any atom is 0.256 e. The monoisotopic (exact) mass is 492 g/mol. The van der Waals surface area contributed by atoms with Gasteiger partial charge in [0.25, 0.3) is 5.91 Å². The van der Waals surface area contributed by atoms with Gasteiger partial charge in [-0.1, -0.05) is 12.1 Å². The van der Waals surface area contributed by atoms with E-state index in [4.69, 9.17) is 5.10 Å². The van der Waals surface area contributed by atoms with E-state index in [9.17, 15) is 18.0 Å². The number of hydrogen-bond donors (Lipinski definition) is 0. The van der Waals surface area contributed by atoms with Crippen molar-refractivity contribution in [1.29, 1.82) is 0 Å². The van der Waals surface area contributed by atoms with Crippen molar-refractivity contribution in [3.8, 4) is 16.9 Å². The topological polar surface area (TPSA) is 68.8 Å². The van der Waals surface area contributed by atoms with E-state index >= 15 is 0 Å². The first kappa shape index (κ1) is 22.5. The molecule has 10 heteroatoms. The molecule has 2 aliphatic heterocycles. The number of para-hydroxylation sites is 1. The predicted octanol–water partition coefficient (Wildman–Crippen LogP) is 4.69. The summed E-state index contributed by atoms with van der Waals surface area (Å²) in [6, 6.07) is 8.85. The molecule has 0 N–H and O–H groups in total. The van der Waals surface area contributed by atoms with Crippen molar-refractivity contribution < 1.29 is 18.0 Å². The van der Waals surface area contributed by atoms with Gasteiger partial charge in [-0.2, -0.15) is 20.1 Å². The largest absolute Gasteiger partial charge is 0.327 e. The van der Waals surface area contributed by atoms with Crippen LogP contribution in [0.5, 0.6) is 0 Å². The Morgan fingerprint density at radius 1 is 1.06 bits per heavy atom. The molecule has 0 radical (unpaired) electrons. The molecule has 2 bridgehead atoms. The molecule has 2 aromatic heterocycles. The molecular weight excluding hydrogens is 469 g/mol. The highest BCUT2D eigenvalue weighted by Gasteiger charge is 2.44. The molecule has 1 amide bonds. The van der Waals surface area contributed by atoms with Gasteiger partial charge in [0.2, 0.25) is 0 Å². The Bertz CT molecular complexity index is 1490. The lowest BCUT2D eigenvalue weighted by Gasteiger charge is -2.45. The third kappa shape index (κ3) is 3.42. The SMILES string of the molecule is Cc1cnn(-c2ccccc2C(=O)N2C3CCCC2c2nn(C)c(-c4cc(F)c(F)c(F)c4)c2C3)n1. The van der Waals surface area contributed by atoms with Crippen LogP contribution < -0.4 is 0 Å². The first-order chi connectivity index (χ1) is 17.3. The number of benzene rings is 2. The van der Waals surface area contributed by atoms with Crippen molar-refractivity contribution in [2.75, 3.05) is 0 Å². The number of nitrogens with zero attached hydrogens (tertiary/aromatic N) is 6. The third-order valence-electron chi connectivity index (χ3n) is 7.12. The summed E-state index contributed by atoms with van der Waals surface area (Å²) in [5.74, 6) is -4.12. The fourth-order valence-electron chi connectivity index (χ4n) is 5.63. The summed E-state index contributed by atoms with van der Waals surface area (Å²) in [4.78, 5) is 17.3. The van der Waals surface area contributed by atoms with E-state index in [0.29, 0.717) is 29.1 Å². The van der Waals surface area contributed by atoms with Gasteiger partial charge in [-0.15, -0.1) is 0 Å². The zero-order chi connectivity index (χ0) is 25.1. The van der Waals surface area contributed by atoms with E-state index in [1.807, 2.05) is 30.0 Å². The molecule has 0 saturated carbocycles. The number of aryl methyl sites for hydroxylation is 2. The average Bonchev–Trinajstić information content (AvgIpc) is 3.44. The van der Waals surface area contributed by atoms with Crippen LogP contribution in [0.3, 0.4) is 0 Å². The second-order valence-corrected chi connectivity index (χ2v) is 9.40. The van der Waals surface area contributed by atoms with E-state index in [-0.39, 0.29) is 23.6 Å². The number of carbonyl (C=O) groups is 1. The zero-order valence-corrected chi connectivity index (χ0v) is 19.8. The standard InChI is InChI=1S/C26H23F3N6O/c1-14-13-30-35(31-14)21-8-4-3-7-17(21)26(36)34-16-6-5-9-22(34)24-18(12-16)25(33(2)32-24)15-10-19(27)23(29)20(28)11-15/h3-4,7-8,10-11,13,16,22H,5-6,9,12H2,1-2H3. The number of hydrogen-bond acceptors (Lipinski definition) is 4. The van der Waals surface area contributed by atoms with E-state index in [2.05, 4.69) is 10.2 Å². The summed E-state index contributed by atoms with van der Waals surface area (Å²) in [7, 11) is 1.70. The fraction of sp³-hybridized carbons (Fsp3) is 0.308. The fourth-order valence-corrected chi connectivity index (χ4v) is 5.63. The quantitative estimate of drug-likeness (QED) is 0.390. The van der Waals surface area contributed by atoms with Crippen LogP contribution in [0.25, 0.3) is 16.9 Å². The first-order valence-electron chi connectivity index (χ1n) is 11.8. The second kappa shape index (κ2) is 8.32. The molecule has 1 saturated heterocycles. The molecule has 4 aromatic rings. The lowest BCUT2D eigenvalue weighted by atomic mass is 9.81. The molecule has 1 fully saturated rings. The Morgan fingerprint density at radius 3 is 2.53 bits per heavy atom. The predicted molar refractivity (Wildman–Crippen MR) is 125 cm³/mol. The third-order valence-corrected chi connectivity index (χ3v) is 7.12. The Labute approximate surface area is 205 Å².